The number of aliphatic carboxylic acids is 1. The second kappa shape index (κ2) is 7.41. The van der Waals surface area contributed by atoms with Gasteiger partial charge in [-0.3, -0.25) is 10.1 Å². The molecule has 0 saturated carbocycles. The number of rotatable bonds is 8. The Morgan fingerprint density at radius 3 is 2.94 bits per heavy atom. The van der Waals surface area contributed by atoms with Gasteiger partial charge < -0.3 is 5.11 Å². The average molecular weight is 241 g/mol. The second-order valence-corrected chi connectivity index (χ2v) is 4.88. The van der Waals surface area contributed by atoms with E-state index in [1.165, 1.54) is 4.88 Å². The summed E-state index contributed by atoms with van der Waals surface area (Å²) in [5.74, 6) is -0.743. The Labute approximate surface area is 100 Å². The number of hydrogen-bond donors (Lipinski definition) is 2. The van der Waals surface area contributed by atoms with E-state index in [9.17, 15) is 4.79 Å². The molecule has 0 aliphatic rings. The second-order valence-electron chi connectivity index (χ2n) is 3.85. The SMILES string of the molecule is CCCCCC(NCc1cccs1)C(=O)O. The number of carbonyl (C=O) groups is 1. The van der Waals surface area contributed by atoms with E-state index in [-0.39, 0.29) is 0 Å². The van der Waals surface area contributed by atoms with E-state index in [0.29, 0.717) is 13.0 Å². The summed E-state index contributed by atoms with van der Waals surface area (Å²) in [6.45, 7) is 2.77. The highest BCUT2D eigenvalue weighted by molar-refractivity contribution is 7.09. The minimum Gasteiger partial charge on any atom is -0.480 e. The Morgan fingerprint density at radius 1 is 1.56 bits per heavy atom. The first-order valence-corrected chi connectivity index (χ1v) is 6.60. The molecule has 0 saturated heterocycles. The van der Waals surface area contributed by atoms with Crippen LogP contribution < -0.4 is 5.32 Å². The van der Waals surface area contributed by atoms with Crippen LogP contribution in [-0.2, 0) is 11.3 Å². The van der Waals surface area contributed by atoms with Crippen LogP contribution in [0.4, 0.5) is 0 Å². The van der Waals surface area contributed by atoms with E-state index in [1.807, 2.05) is 17.5 Å². The van der Waals surface area contributed by atoms with Crippen LogP contribution in [0.25, 0.3) is 0 Å². The van der Waals surface area contributed by atoms with Crippen LogP contribution in [0.1, 0.15) is 37.5 Å². The molecule has 1 unspecified atom stereocenters. The molecule has 1 atom stereocenters. The molecule has 0 amide bonds. The fourth-order valence-corrected chi connectivity index (χ4v) is 2.20. The molecule has 1 rings (SSSR count). The number of thiophene rings is 1. The molecule has 2 N–H and O–H groups in total. The summed E-state index contributed by atoms with van der Waals surface area (Å²) in [7, 11) is 0. The van der Waals surface area contributed by atoms with Crippen LogP contribution in [0.5, 0.6) is 0 Å². The van der Waals surface area contributed by atoms with Gasteiger partial charge in [-0.25, -0.2) is 0 Å². The van der Waals surface area contributed by atoms with E-state index in [2.05, 4.69) is 12.2 Å². The van der Waals surface area contributed by atoms with Crippen LogP contribution in [0.3, 0.4) is 0 Å². The maximum Gasteiger partial charge on any atom is 0.320 e. The summed E-state index contributed by atoms with van der Waals surface area (Å²) in [5.41, 5.74) is 0. The van der Waals surface area contributed by atoms with E-state index < -0.39 is 12.0 Å². The lowest BCUT2D eigenvalue weighted by atomic mass is 10.1. The fraction of sp³-hybridized carbons (Fsp3) is 0.583. The van der Waals surface area contributed by atoms with Crippen LogP contribution >= 0.6 is 11.3 Å². The zero-order valence-electron chi connectivity index (χ0n) is 9.61. The normalized spacial score (nSPS) is 12.6. The minimum absolute atomic E-state index is 0.409. The zero-order chi connectivity index (χ0) is 11.8. The van der Waals surface area contributed by atoms with Gasteiger partial charge in [0.05, 0.1) is 0 Å². The van der Waals surface area contributed by atoms with E-state index >= 15 is 0 Å². The summed E-state index contributed by atoms with van der Waals surface area (Å²) >= 11 is 1.65. The summed E-state index contributed by atoms with van der Waals surface area (Å²) < 4.78 is 0. The first kappa shape index (κ1) is 13.2. The Hall–Kier alpha value is -0.870. The monoisotopic (exact) mass is 241 g/mol. The molecule has 90 valence electrons. The highest BCUT2D eigenvalue weighted by Crippen LogP contribution is 2.09. The number of nitrogens with one attached hydrogen (secondary N) is 1. The maximum absolute atomic E-state index is 11.0. The van der Waals surface area contributed by atoms with Crippen LogP contribution in [0, 0.1) is 0 Å². The van der Waals surface area contributed by atoms with Crippen molar-refractivity contribution in [1.82, 2.24) is 5.32 Å². The first-order valence-electron chi connectivity index (χ1n) is 5.72. The molecule has 0 aliphatic heterocycles. The van der Waals surface area contributed by atoms with Gasteiger partial charge in [0.25, 0.3) is 0 Å². The largest absolute Gasteiger partial charge is 0.480 e. The van der Waals surface area contributed by atoms with Crippen LogP contribution in [-0.4, -0.2) is 17.1 Å². The number of unbranched alkanes of at least 4 members (excludes halogenated alkanes) is 2. The Balaban J connectivity index is 2.30. The number of carboxylic acid groups (broad SMARTS) is 1. The van der Waals surface area contributed by atoms with Gasteiger partial charge in [0.2, 0.25) is 0 Å². The molecular formula is C12H19NO2S. The molecule has 0 spiro atoms. The van der Waals surface area contributed by atoms with Gasteiger partial charge in [0.15, 0.2) is 0 Å². The Bertz CT molecular complexity index is 298. The molecule has 0 radical (unpaired) electrons. The van der Waals surface area contributed by atoms with Crippen molar-refractivity contribution in [1.29, 1.82) is 0 Å². The topological polar surface area (TPSA) is 49.3 Å². The highest BCUT2D eigenvalue weighted by atomic mass is 32.1. The molecule has 1 aromatic heterocycles. The van der Waals surface area contributed by atoms with Crippen LogP contribution in [0.2, 0.25) is 0 Å². The lowest BCUT2D eigenvalue weighted by Crippen LogP contribution is -2.35. The first-order chi connectivity index (χ1) is 7.74. The van der Waals surface area contributed by atoms with Gasteiger partial charge in [0, 0.05) is 11.4 Å². The minimum atomic E-state index is -0.743. The third kappa shape index (κ3) is 4.77. The Kier molecular flexibility index (Phi) is 6.11. The highest BCUT2D eigenvalue weighted by Gasteiger charge is 2.15. The van der Waals surface area contributed by atoms with Crippen molar-refractivity contribution in [2.75, 3.05) is 0 Å². The van der Waals surface area contributed by atoms with Crippen molar-refractivity contribution in [3.8, 4) is 0 Å². The molecule has 4 heteroatoms. The van der Waals surface area contributed by atoms with Crippen molar-refractivity contribution in [2.24, 2.45) is 0 Å². The Morgan fingerprint density at radius 2 is 2.38 bits per heavy atom. The lowest BCUT2D eigenvalue weighted by molar-refractivity contribution is -0.139. The predicted molar refractivity (Wildman–Crippen MR) is 66.7 cm³/mol. The predicted octanol–water partition coefficient (Wildman–Crippen LogP) is 2.87. The standard InChI is InChI=1S/C12H19NO2S/c1-2-3-4-7-11(12(14)15)13-9-10-6-5-8-16-10/h5-6,8,11,13H,2-4,7,9H2,1H3,(H,14,15). The van der Waals surface area contributed by atoms with E-state index in [1.54, 1.807) is 11.3 Å². The molecule has 3 nitrogen and oxygen atoms in total. The molecule has 16 heavy (non-hydrogen) atoms. The van der Waals surface area contributed by atoms with Crippen molar-refractivity contribution < 1.29 is 9.90 Å². The van der Waals surface area contributed by atoms with Crippen molar-refractivity contribution in [3.63, 3.8) is 0 Å². The molecule has 1 heterocycles. The van der Waals surface area contributed by atoms with E-state index in [0.717, 1.165) is 19.3 Å². The van der Waals surface area contributed by atoms with Gasteiger partial charge >= 0.3 is 5.97 Å². The third-order valence-electron chi connectivity index (χ3n) is 2.50. The van der Waals surface area contributed by atoms with Gasteiger partial charge in [-0.2, -0.15) is 0 Å². The van der Waals surface area contributed by atoms with Gasteiger partial charge in [-0.15, -0.1) is 11.3 Å². The van der Waals surface area contributed by atoms with Gasteiger partial charge in [-0.05, 0) is 17.9 Å². The average Bonchev–Trinajstić information content (AvgIpc) is 2.75. The molecule has 0 bridgehead atoms. The van der Waals surface area contributed by atoms with Crippen molar-refractivity contribution >= 4 is 17.3 Å². The summed E-state index contributed by atoms with van der Waals surface area (Å²) in [5, 5.41) is 14.1. The summed E-state index contributed by atoms with van der Waals surface area (Å²) in [4.78, 5) is 12.2. The van der Waals surface area contributed by atoms with Crippen LogP contribution in [0.15, 0.2) is 17.5 Å². The number of hydrogen-bond acceptors (Lipinski definition) is 3. The zero-order valence-corrected chi connectivity index (χ0v) is 10.4. The quantitative estimate of drug-likeness (QED) is 0.688. The molecular weight excluding hydrogens is 222 g/mol. The van der Waals surface area contributed by atoms with Crippen molar-refractivity contribution in [3.05, 3.63) is 22.4 Å². The molecule has 1 aromatic rings. The fourth-order valence-electron chi connectivity index (χ4n) is 1.55. The van der Waals surface area contributed by atoms with E-state index in [4.69, 9.17) is 5.11 Å². The third-order valence-corrected chi connectivity index (χ3v) is 3.37. The van der Waals surface area contributed by atoms with Gasteiger partial charge in [-0.1, -0.05) is 32.3 Å². The molecule has 0 fully saturated rings. The summed E-state index contributed by atoms with van der Waals surface area (Å²) in [6, 6.07) is 3.59. The maximum atomic E-state index is 11.0. The van der Waals surface area contributed by atoms with Gasteiger partial charge in [0.1, 0.15) is 6.04 Å². The number of carboxylic acids is 1. The lowest BCUT2D eigenvalue weighted by Gasteiger charge is -2.13. The van der Waals surface area contributed by atoms with Crippen molar-refractivity contribution in [2.45, 2.75) is 45.2 Å². The summed E-state index contributed by atoms with van der Waals surface area (Å²) in [6.07, 6.45) is 3.92. The molecule has 0 aliphatic carbocycles. The molecule has 0 aromatic carbocycles. The smallest absolute Gasteiger partial charge is 0.320 e.